The average Bonchev–Trinajstić information content (AvgIpc) is 2.31. The van der Waals surface area contributed by atoms with Gasteiger partial charge in [-0.3, -0.25) is 0 Å². The van der Waals surface area contributed by atoms with Crippen molar-refractivity contribution in [3.63, 3.8) is 0 Å². The molecule has 0 fully saturated rings. The summed E-state index contributed by atoms with van der Waals surface area (Å²) < 4.78 is 0. The third kappa shape index (κ3) is 19.1. The number of unbranched alkanes of at least 4 members (excludes halogenated alkanes) is 13. The number of hydrogen-bond acceptors (Lipinski definition) is 0. The van der Waals surface area contributed by atoms with Crippen LogP contribution >= 0.6 is 0 Å². The van der Waals surface area contributed by atoms with Gasteiger partial charge in [-0.15, -0.1) is 0 Å². The molecule has 0 aliphatic heterocycles. The molecule has 0 bridgehead atoms. The second-order valence-corrected chi connectivity index (χ2v) is 5.10. The zero-order valence-corrected chi connectivity index (χ0v) is 11.6. The molecule has 99 valence electrons. The maximum absolute atomic E-state index is 3.87. The molecule has 0 saturated carbocycles. The van der Waals surface area contributed by atoms with E-state index >= 15 is 0 Å². The first-order chi connectivity index (χ1) is 7.91. The molecule has 0 amide bonds. The van der Waals surface area contributed by atoms with Gasteiger partial charge < -0.3 is 0 Å². The van der Waals surface area contributed by atoms with Crippen molar-refractivity contribution in [2.45, 2.75) is 96.8 Å². The van der Waals surface area contributed by atoms with Crippen molar-refractivity contribution in [3.05, 3.63) is 6.92 Å². The summed E-state index contributed by atoms with van der Waals surface area (Å²) in [6.45, 7) is 6.16. The van der Waals surface area contributed by atoms with Crippen LogP contribution in [0.4, 0.5) is 0 Å². The number of rotatable bonds is 13. The second kappa shape index (κ2) is 18.9. The van der Waals surface area contributed by atoms with E-state index in [0.29, 0.717) is 0 Å². The van der Waals surface area contributed by atoms with Gasteiger partial charge in [0.15, 0.2) is 0 Å². The van der Waals surface area contributed by atoms with Crippen LogP contribution in [0.1, 0.15) is 96.8 Å². The summed E-state index contributed by atoms with van der Waals surface area (Å²) in [7, 11) is 0. The zero-order valence-electron chi connectivity index (χ0n) is 11.6. The van der Waals surface area contributed by atoms with Crippen LogP contribution in [0.2, 0.25) is 0 Å². The third-order valence-electron chi connectivity index (χ3n) is 3.35. The predicted octanol–water partition coefficient (Wildman–Crippen LogP) is 5.65. The van der Waals surface area contributed by atoms with E-state index in [1.54, 1.807) is 0 Å². The van der Waals surface area contributed by atoms with Crippen molar-refractivity contribution in [1.82, 2.24) is 0 Å². The Kier molecular flexibility index (Phi) is 22.2. The van der Waals surface area contributed by atoms with Crippen LogP contribution in [-0.2, 0) is 0 Å². The van der Waals surface area contributed by atoms with Crippen molar-refractivity contribution in [2.75, 3.05) is 0 Å². The van der Waals surface area contributed by atoms with Crippen molar-refractivity contribution < 1.29 is 0 Å². The molecule has 0 atom stereocenters. The first-order valence-electron chi connectivity index (χ1n) is 7.71. The van der Waals surface area contributed by atoms with Crippen LogP contribution in [0.5, 0.6) is 0 Å². The Bertz CT molecular complexity index is 98.1. The summed E-state index contributed by atoms with van der Waals surface area (Å²) in [6.07, 6.45) is 19.8. The van der Waals surface area contributed by atoms with E-state index in [-0.39, 0.29) is 18.9 Å². The van der Waals surface area contributed by atoms with E-state index in [9.17, 15) is 0 Å². The quantitative estimate of drug-likeness (QED) is 0.285. The summed E-state index contributed by atoms with van der Waals surface area (Å²) in [5.74, 6) is 0. The summed E-state index contributed by atoms with van der Waals surface area (Å²) in [5.41, 5.74) is 0. The Balaban J connectivity index is 0. The fourth-order valence-corrected chi connectivity index (χ4v) is 2.19. The molecule has 0 aliphatic carbocycles. The molecule has 1 heteroatoms. The van der Waals surface area contributed by atoms with Gasteiger partial charge in [-0.1, -0.05) is 104 Å². The molecule has 0 N–H and O–H groups in total. The van der Waals surface area contributed by atoms with Crippen LogP contribution in [0.3, 0.4) is 0 Å². The summed E-state index contributed by atoms with van der Waals surface area (Å²) in [4.78, 5) is 0. The molecule has 17 heavy (non-hydrogen) atoms. The molecule has 1 radical (unpaired) electrons. The Labute approximate surface area is 123 Å². The molecule has 0 nitrogen and oxygen atoms in total. The number of hydrogen-bond donors (Lipinski definition) is 0. The Morgan fingerprint density at radius 2 is 0.824 bits per heavy atom. The standard InChI is InChI=1S/C16H33.Li.H/c1-3-5-7-9-11-13-15-16-14-12-10-8-6-4-2;;/h1,3-16H2,2H3;;. The van der Waals surface area contributed by atoms with Crippen molar-refractivity contribution in [2.24, 2.45) is 0 Å². The normalized spacial score (nSPS) is 10.2. The Morgan fingerprint density at radius 3 is 1.12 bits per heavy atom. The molecular formula is C16H34Li. The van der Waals surface area contributed by atoms with E-state index < -0.39 is 0 Å². The van der Waals surface area contributed by atoms with Gasteiger partial charge in [-0.25, -0.2) is 0 Å². The van der Waals surface area contributed by atoms with E-state index in [1.807, 2.05) is 0 Å². The first-order valence-corrected chi connectivity index (χ1v) is 7.71. The molecule has 0 aromatic carbocycles. The van der Waals surface area contributed by atoms with Gasteiger partial charge in [0.2, 0.25) is 0 Å². The van der Waals surface area contributed by atoms with Gasteiger partial charge in [0.25, 0.3) is 0 Å². The summed E-state index contributed by atoms with van der Waals surface area (Å²) >= 11 is 0. The van der Waals surface area contributed by atoms with E-state index in [1.165, 1.54) is 83.5 Å². The minimum absolute atomic E-state index is 0. The van der Waals surface area contributed by atoms with Crippen molar-refractivity contribution in [3.8, 4) is 0 Å². The van der Waals surface area contributed by atoms with Crippen LogP contribution in [0.25, 0.3) is 0 Å². The van der Waals surface area contributed by atoms with Gasteiger partial charge in [-0.05, 0) is 0 Å². The van der Waals surface area contributed by atoms with Crippen LogP contribution < -0.4 is 0 Å². The maximum atomic E-state index is 3.87. The van der Waals surface area contributed by atoms with E-state index in [2.05, 4.69) is 13.8 Å². The fourth-order valence-electron chi connectivity index (χ4n) is 2.19. The Morgan fingerprint density at radius 1 is 0.529 bits per heavy atom. The van der Waals surface area contributed by atoms with Crippen LogP contribution in [0, 0.1) is 6.92 Å². The third-order valence-corrected chi connectivity index (χ3v) is 3.35. The van der Waals surface area contributed by atoms with E-state index in [4.69, 9.17) is 0 Å². The minimum atomic E-state index is 0. The van der Waals surface area contributed by atoms with Gasteiger partial charge in [0, 0.05) is 0 Å². The fraction of sp³-hybridized carbons (Fsp3) is 0.938. The first kappa shape index (κ1) is 19.9. The predicted molar refractivity (Wildman–Crippen MR) is 82.8 cm³/mol. The molecule has 0 heterocycles. The summed E-state index contributed by atoms with van der Waals surface area (Å²) in [6, 6.07) is 0. The SMILES string of the molecule is [CH2]CCCCCCCCCCCCCCC.[LiH]. The van der Waals surface area contributed by atoms with Gasteiger partial charge in [-0.2, -0.15) is 0 Å². The summed E-state index contributed by atoms with van der Waals surface area (Å²) in [5, 5.41) is 0. The molecule has 0 unspecified atom stereocenters. The zero-order chi connectivity index (χ0) is 11.9. The molecule has 0 saturated heterocycles. The molecule has 0 aliphatic rings. The topological polar surface area (TPSA) is 0 Å². The Hall–Kier alpha value is 0.597. The molecule has 0 aromatic heterocycles. The van der Waals surface area contributed by atoms with Crippen LogP contribution in [0.15, 0.2) is 0 Å². The average molecular weight is 233 g/mol. The van der Waals surface area contributed by atoms with Crippen molar-refractivity contribution >= 4 is 18.9 Å². The molecular weight excluding hydrogens is 199 g/mol. The van der Waals surface area contributed by atoms with Crippen molar-refractivity contribution in [1.29, 1.82) is 0 Å². The van der Waals surface area contributed by atoms with Gasteiger partial charge >= 0.3 is 18.9 Å². The van der Waals surface area contributed by atoms with Gasteiger partial charge in [0.1, 0.15) is 0 Å². The molecule has 0 spiro atoms. The second-order valence-electron chi connectivity index (χ2n) is 5.10. The van der Waals surface area contributed by atoms with Crippen LogP contribution in [-0.4, -0.2) is 18.9 Å². The molecule has 0 aromatic rings. The molecule has 0 rings (SSSR count). The van der Waals surface area contributed by atoms with Gasteiger partial charge in [0.05, 0.1) is 0 Å². The monoisotopic (exact) mass is 233 g/mol. The van der Waals surface area contributed by atoms with E-state index in [0.717, 1.165) is 6.42 Å².